The Morgan fingerprint density at radius 2 is 2.21 bits per heavy atom. The van der Waals surface area contributed by atoms with Gasteiger partial charge >= 0.3 is 0 Å². The molecule has 0 radical (unpaired) electrons. The van der Waals surface area contributed by atoms with Gasteiger partial charge in [0, 0.05) is 16.1 Å². The third kappa shape index (κ3) is 2.68. The van der Waals surface area contributed by atoms with Crippen LogP contribution in [0.3, 0.4) is 0 Å². The maximum absolute atomic E-state index is 13.0. The largest absolute Gasteiger partial charge is 0.348 e. The molecule has 0 saturated heterocycles. The summed E-state index contributed by atoms with van der Waals surface area (Å²) in [6.07, 6.45) is 2.08. The second-order valence-electron chi connectivity index (χ2n) is 4.54. The maximum atomic E-state index is 13.0. The zero-order valence-electron chi connectivity index (χ0n) is 9.91. The molecule has 0 unspecified atom stereocenters. The number of carbonyl (C=O) groups is 1. The summed E-state index contributed by atoms with van der Waals surface area (Å²) in [6.45, 7) is 0. The Labute approximate surface area is 117 Å². The monoisotopic (exact) mass is 323 g/mol. The van der Waals surface area contributed by atoms with Crippen LogP contribution in [-0.2, 0) is 0 Å². The van der Waals surface area contributed by atoms with Crippen molar-refractivity contribution in [1.82, 2.24) is 15.5 Å². The van der Waals surface area contributed by atoms with E-state index in [-0.39, 0.29) is 11.7 Å². The zero-order chi connectivity index (χ0) is 13.4. The van der Waals surface area contributed by atoms with Crippen molar-refractivity contribution in [3.8, 4) is 11.3 Å². The van der Waals surface area contributed by atoms with Gasteiger partial charge in [0.15, 0.2) is 0 Å². The van der Waals surface area contributed by atoms with E-state index < -0.39 is 0 Å². The lowest BCUT2D eigenvalue weighted by atomic mass is 10.1. The van der Waals surface area contributed by atoms with Crippen molar-refractivity contribution in [3.63, 3.8) is 0 Å². The predicted octanol–water partition coefficient (Wildman–Crippen LogP) is 2.87. The number of halogens is 2. The molecule has 1 amide bonds. The smallest absolute Gasteiger partial charge is 0.269 e. The van der Waals surface area contributed by atoms with Crippen molar-refractivity contribution in [3.05, 3.63) is 40.2 Å². The summed E-state index contributed by atoms with van der Waals surface area (Å²) < 4.78 is 13.6. The molecule has 4 nitrogen and oxygen atoms in total. The molecule has 6 heteroatoms. The third-order valence-corrected chi connectivity index (χ3v) is 3.60. The molecular weight excluding hydrogens is 313 g/mol. The van der Waals surface area contributed by atoms with Crippen LogP contribution in [0.1, 0.15) is 23.3 Å². The number of aromatic amines is 1. The van der Waals surface area contributed by atoms with Crippen LogP contribution in [0.25, 0.3) is 11.3 Å². The number of carbonyl (C=O) groups excluding carboxylic acids is 1. The minimum absolute atomic E-state index is 0.153. The lowest BCUT2D eigenvalue weighted by Crippen LogP contribution is -2.25. The van der Waals surface area contributed by atoms with Crippen molar-refractivity contribution < 1.29 is 9.18 Å². The fourth-order valence-electron chi connectivity index (χ4n) is 1.76. The average Bonchev–Trinajstić information content (AvgIpc) is 3.04. The van der Waals surface area contributed by atoms with E-state index in [9.17, 15) is 9.18 Å². The van der Waals surface area contributed by atoms with E-state index in [2.05, 4.69) is 31.4 Å². The molecule has 1 aliphatic carbocycles. The van der Waals surface area contributed by atoms with Gasteiger partial charge in [-0.1, -0.05) is 0 Å². The zero-order valence-corrected chi connectivity index (χ0v) is 11.5. The summed E-state index contributed by atoms with van der Waals surface area (Å²) in [7, 11) is 0. The summed E-state index contributed by atoms with van der Waals surface area (Å²) in [5, 5.41) is 9.67. The topological polar surface area (TPSA) is 57.8 Å². The van der Waals surface area contributed by atoms with Crippen LogP contribution in [-0.4, -0.2) is 22.1 Å². The van der Waals surface area contributed by atoms with Crippen molar-refractivity contribution in [2.24, 2.45) is 0 Å². The lowest BCUT2D eigenvalue weighted by Gasteiger charge is -2.00. The molecule has 2 aromatic rings. The number of H-pyrrole nitrogens is 1. The number of benzene rings is 1. The van der Waals surface area contributed by atoms with Gasteiger partial charge in [0.2, 0.25) is 0 Å². The van der Waals surface area contributed by atoms with E-state index >= 15 is 0 Å². The lowest BCUT2D eigenvalue weighted by molar-refractivity contribution is 0.0946. The van der Waals surface area contributed by atoms with Gasteiger partial charge in [0.25, 0.3) is 5.91 Å². The van der Waals surface area contributed by atoms with Crippen molar-refractivity contribution >= 4 is 21.8 Å². The molecular formula is C13H11BrFN3O. The molecule has 3 rings (SSSR count). The van der Waals surface area contributed by atoms with E-state index in [4.69, 9.17) is 0 Å². The van der Waals surface area contributed by atoms with Crippen LogP contribution >= 0.6 is 15.9 Å². The minimum Gasteiger partial charge on any atom is -0.348 e. The Morgan fingerprint density at radius 1 is 1.42 bits per heavy atom. The first-order chi connectivity index (χ1) is 9.13. The maximum Gasteiger partial charge on any atom is 0.269 e. The first kappa shape index (κ1) is 12.3. The molecule has 19 heavy (non-hydrogen) atoms. The van der Waals surface area contributed by atoms with E-state index in [0.717, 1.165) is 18.4 Å². The molecule has 1 aromatic carbocycles. The highest BCUT2D eigenvalue weighted by Gasteiger charge is 2.24. The summed E-state index contributed by atoms with van der Waals surface area (Å²) in [6, 6.07) is 6.32. The standard InChI is InChI=1S/C13H11BrFN3O/c14-10-5-7(15)1-4-9(10)11-6-12(18-17-11)13(19)16-8-2-3-8/h1,4-6,8H,2-3H2,(H,16,19)(H,17,18). The van der Waals surface area contributed by atoms with Crippen LogP contribution in [0.15, 0.2) is 28.7 Å². The minimum atomic E-state index is -0.321. The molecule has 0 bridgehead atoms. The number of amides is 1. The van der Waals surface area contributed by atoms with Gasteiger partial charge in [-0.05, 0) is 53.0 Å². The highest BCUT2D eigenvalue weighted by atomic mass is 79.9. The fraction of sp³-hybridized carbons (Fsp3) is 0.231. The van der Waals surface area contributed by atoms with Gasteiger partial charge < -0.3 is 5.32 Å². The number of nitrogens with zero attached hydrogens (tertiary/aromatic N) is 1. The highest BCUT2D eigenvalue weighted by Crippen LogP contribution is 2.28. The summed E-state index contributed by atoms with van der Waals surface area (Å²) in [5.41, 5.74) is 1.76. The SMILES string of the molecule is O=C(NC1CC1)c1cc(-c2ccc(F)cc2Br)n[nH]1. The molecule has 1 aromatic heterocycles. The molecule has 1 saturated carbocycles. The number of rotatable bonds is 3. The van der Waals surface area contributed by atoms with Crippen molar-refractivity contribution in [1.29, 1.82) is 0 Å². The van der Waals surface area contributed by atoms with Gasteiger partial charge in [0.05, 0.1) is 5.69 Å². The molecule has 1 aliphatic rings. The van der Waals surface area contributed by atoms with Gasteiger partial charge in [-0.15, -0.1) is 0 Å². The molecule has 1 heterocycles. The number of aromatic nitrogens is 2. The molecule has 0 atom stereocenters. The van der Waals surface area contributed by atoms with Gasteiger partial charge in [-0.25, -0.2) is 4.39 Å². The van der Waals surface area contributed by atoms with Gasteiger partial charge in [-0.2, -0.15) is 5.10 Å². The van der Waals surface area contributed by atoms with E-state index in [0.29, 0.717) is 21.9 Å². The quantitative estimate of drug-likeness (QED) is 0.912. The Morgan fingerprint density at radius 3 is 2.89 bits per heavy atom. The average molecular weight is 324 g/mol. The van der Waals surface area contributed by atoms with Crippen LogP contribution in [0.5, 0.6) is 0 Å². The van der Waals surface area contributed by atoms with Crippen LogP contribution in [0.4, 0.5) is 4.39 Å². The fourth-order valence-corrected chi connectivity index (χ4v) is 2.32. The van der Waals surface area contributed by atoms with Gasteiger partial charge in [0.1, 0.15) is 11.5 Å². The first-order valence-electron chi connectivity index (χ1n) is 5.95. The molecule has 1 fully saturated rings. The van der Waals surface area contributed by atoms with Gasteiger partial charge in [-0.3, -0.25) is 9.89 Å². The van der Waals surface area contributed by atoms with Crippen LogP contribution in [0, 0.1) is 5.82 Å². The van der Waals surface area contributed by atoms with Crippen LogP contribution < -0.4 is 5.32 Å². The van der Waals surface area contributed by atoms with E-state index in [1.165, 1.54) is 12.1 Å². The van der Waals surface area contributed by atoms with E-state index in [1.54, 1.807) is 12.1 Å². The summed E-state index contributed by atoms with van der Waals surface area (Å²) >= 11 is 3.29. The summed E-state index contributed by atoms with van der Waals surface area (Å²) in [4.78, 5) is 11.8. The second kappa shape index (κ2) is 4.77. The molecule has 0 spiro atoms. The number of nitrogens with one attached hydrogen (secondary N) is 2. The Hall–Kier alpha value is -1.69. The number of hydrogen-bond donors (Lipinski definition) is 2. The molecule has 98 valence electrons. The molecule has 0 aliphatic heterocycles. The molecule has 2 N–H and O–H groups in total. The number of hydrogen-bond acceptors (Lipinski definition) is 2. The summed E-state index contributed by atoms with van der Waals surface area (Å²) in [5.74, 6) is -0.475. The van der Waals surface area contributed by atoms with Crippen LogP contribution in [0.2, 0.25) is 0 Å². The first-order valence-corrected chi connectivity index (χ1v) is 6.74. The third-order valence-electron chi connectivity index (χ3n) is 2.94. The Balaban J connectivity index is 1.85. The van der Waals surface area contributed by atoms with Crippen molar-refractivity contribution in [2.75, 3.05) is 0 Å². The van der Waals surface area contributed by atoms with E-state index in [1.807, 2.05) is 0 Å². The Kier molecular flexibility index (Phi) is 3.10. The predicted molar refractivity (Wildman–Crippen MR) is 72.2 cm³/mol. The highest BCUT2D eigenvalue weighted by molar-refractivity contribution is 9.10. The van der Waals surface area contributed by atoms with Crippen molar-refractivity contribution in [2.45, 2.75) is 18.9 Å². The second-order valence-corrected chi connectivity index (χ2v) is 5.39. The normalized spacial score (nSPS) is 14.4. The Bertz CT molecular complexity index is 637.